The molecule has 0 spiro atoms. The van der Waals surface area contributed by atoms with Gasteiger partial charge in [-0.3, -0.25) is 28.7 Å². The second kappa shape index (κ2) is 8.48. The number of aromatic nitrogens is 2. The van der Waals surface area contributed by atoms with Crippen molar-refractivity contribution in [2.24, 2.45) is 0 Å². The van der Waals surface area contributed by atoms with Crippen LogP contribution in [-0.2, 0) is 33.3 Å². The molecule has 4 atom stereocenters. The minimum absolute atomic E-state index is 0.0275. The van der Waals surface area contributed by atoms with Crippen LogP contribution in [0.2, 0.25) is 0 Å². The van der Waals surface area contributed by atoms with Gasteiger partial charge in [0.2, 0.25) is 0 Å². The van der Waals surface area contributed by atoms with Crippen LogP contribution in [0.25, 0.3) is 0 Å². The lowest BCUT2D eigenvalue weighted by molar-refractivity contribution is -0.166. The molecule has 11 nitrogen and oxygen atoms in total. The smallest absolute Gasteiger partial charge is 0.330 e. The predicted molar refractivity (Wildman–Crippen MR) is 90.7 cm³/mol. The lowest BCUT2D eigenvalue weighted by Gasteiger charge is -2.23. The third kappa shape index (κ3) is 5.04. The number of nitrogens with zero attached hydrogens (tertiary/aromatic N) is 1. The number of halogens is 1. The van der Waals surface area contributed by atoms with E-state index in [1.165, 1.54) is 6.92 Å². The molecule has 0 bridgehead atoms. The van der Waals surface area contributed by atoms with Crippen molar-refractivity contribution < 1.29 is 33.3 Å². The number of aromatic amines is 1. The first-order chi connectivity index (χ1) is 12.6. The fourth-order valence-electron chi connectivity index (χ4n) is 2.57. The number of H-pyrrole nitrogens is 1. The normalized spacial score (nSPS) is 24.3. The first-order valence-electron chi connectivity index (χ1n) is 7.74. The lowest BCUT2D eigenvalue weighted by Crippen LogP contribution is -2.42. The molecule has 0 aromatic carbocycles. The molecule has 0 amide bonds. The van der Waals surface area contributed by atoms with E-state index in [0.29, 0.717) is 0 Å². The number of rotatable bonds is 5. The molecule has 148 valence electrons. The summed E-state index contributed by atoms with van der Waals surface area (Å²) in [6.45, 7) is 3.15. The number of esters is 3. The van der Waals surface area contributed by atoms with E-state index in [9.17, 15) is 24.0 Å². The summed E-state index contributed by atoms with van der Waals surface area (Å²) in [5, 5.41) is 0. The van der Waals surface area contributed by atoms with Crippen molar-refractivity contribution in [2.45, 2.75) is 45.3 Å². The maximum atomic E-state index is 12.2. The highest BCUT2D eigenvalue weighted by molar-refractivity contribution is 9.10. The van der Waals surface area contributed by atoms with Crippen LogP contribution in [0.15, 0.2) is 20.3 Å². The molecule has 2 heterocycles. The molecular weight excluding hydrogens is 432 g/mol. The maximum Gasteiger partial charge on any atom is 0.330 e. The molecule has 1 fully saturated rings. The van der Waals surface area contributed by atoms with Crippen LogP contribution in [0.4, 0.5) is 0 Å². The number of carbonyl (C=O) groups is 3. The van der Waals surface area contributed by atoms with Crippen molar-refractivity contribution in [2.75, 3.05) is 6.61 Å². The van der Waals surface area contributed by atoms with Crippen LogP contribution in [0.1, 0.15) is 27.0 Å². The quantitative estimate of drug-likeness (QED) is 0.470. The van der Waals surface area contributed by atoms with E-state index in [2.05, 4.69) is 20.9 Å². The summed E-state index contributed by atoms with van der Waals surface area (Å²) in [5.74, 6) is -2.00. The van der Waals surface area contributed by atoms with Gasteiger partial charge < -0.3 is 18.9 Å². The minimum Gasteiger partial charge on any atom is -0.463 e. The standard InChI is InChI=1S/C15H17BrN2O9/c1-6(19)24-5-10-11(25-7(2)20)12(26-8(3)21)14(27-10)18-4-9(16)13(22)17-15(18)23/h4,10-12,14H,5H2,1-3H3,(H,17,22,23)/t10-,11-,12+,14-/m1/s1. The number of carbonyl (C=O) groups excluding carboxylic acids is 3. The van der Waals surface area contributed by atoms with Gasteiger partial charge >= 0.3 is 23.6 Å². The molecule has 27 heavy (non-hydrogen) atoms. The molecule has 1 aromatic heterocycles. The van der Waals surface area contributed by atoms with Gasteiger partial charge in [-0.05, 0) is 15.9 Å². The first-order valence-corrected chi connectivity index (χ1v) is 8.53. The Morgan fingerprint density at radius 2 is 1.70 bits per heavy atom. The summed E-state index contributed by atoms with van der Waals surface area (Å²) >= 11 is 3.00. The van der Waals surface area contributed by atoms with Gasteiger partial charge in [0, 0.05) is 27.0 Å². The van der Waals surface area contributed by atoms with Gasteiger partial charge in [0.05, 0.1) is 4.47 Å². The van der Waals surface area contributed by atoms with Crippen molar-refractivity contribution >= 4 is 33.8 Å². The zero-order valence-electron chi connectivity index (χ0n) is 14.6. The molecule has 0 saturated carbocycles. The Labute approximate surface area is 160 Å². The molecule has 0 unspecified atom stereocenters. The monoisotopic (exact) mass is 448 g/mol. The average molecular weight is 449 g/mol. The highest BCUT2D eigenvalue weighted by atomic mass is 79.9. The predicted octanol–water partition coefficient (Wildman–Crippen LogP) is -0.377. The van der Waals surface area contributed by atoms with Crippen molar-refractivity contribution in [3.8, 4) is 0 Å². The molecule has 1 aliphatic heterocycles. The fourth-order valence-corrected chi connectivity index (χ4v) is 2.89. The van der Waals surface area contributed by atoms with E-state index < -0.39 is 53.7 Å². The molecule has 1 aliphatic rings. The molecular formula is C15H17BrN2O9. The maximum absolute atomic E-state index is 12.2. The van der Waals surface area contributed by atoms with Crippen LogP contribution < -0.4 is 11.2 Å². The Kier molecular flexibility index (Phi) is 6.54. The summed E-state index contributed by atoms with van der Waals surface area (Å²) in [4.78, 5) is 59.9. The summed E-state index contributed by atoms with van der Waals surface area (Å²) in [6, 6.07) is 0. The summed E-state index contributed by atoms with van der Waals surface area (Å²) in [7, 11) is 0. The van der Waals surface area contributed by atoms with Gasteiger partial charge in [-0.25, -0.2) is 4.79 Å². The molecule has 1 saturated heterocycles. The zero-order chi connectivity index (χ0) is 20.3. The van der Waals surface area contributed by atoms with E-state index in [4.69, 9.17) is 18.9 Å². The highest BCUT2D eigenvalue weighted by Crippen LogP contribution is 2.33. The number of nitrogens with one attached hydrogen (secondary N) is 1. The van der Waals surface area contributed by atoms with Crippen LogP contribution in [0.3, 0.4) is 0 Å². The van der Waals surface area contributed by atoms with E-state index in [1.54, 1.807) is 0 Å². The van der Waals surface area contributed by atoms with Crippen molar-refractivity contribution in [1.29, 1.82) is 0 Å². The minimum atomic E-state index is -1.24. The van der Waals surface area contributed by atoms with E-state index >= 15 is 0 Å². The Morgan fingerprint density at radius 3 is 2.26 bits per heavy atom. The number of ether oxygens (including phenoxy) is 4. The zero-order valence-corrected chi connectivity index (χ0v) is 16.2. The van der Waals surface area contributed by atoms with Crippen LogP contribution in [0.5, 0.6) is 0 Å². The molecule has 1 N–H and O–H groups in total. The van der Waals surface area contributed by atoms with Gasteiger partial charge in [0.1, 0.15) is 12.7 Å². The summed E-state index contributed by atoms with van der Waals surface area (Å²) in [6.07, 6.45) is -3.46. The highest BCUT2D eigenvalue weighted by Gasteiger charge is 2.51. The van der Waals surface area contributed by atoms with E-state index in [1.807, 2.05) is 0 Å². The third-order valence-electron chi connectivity index (χ3n) is 3.54. The van der Waals surface area contributed by atoms with Crippen molar-refractivity contribution in [3.63, 3.8) is 0 Å². The Bertz CT molecular complexity index is 862. The van der Waals surface area contributed by atoms with Gasteiger partial charge in [0.15, 0.2) is 18.4 Å². The number of hydrogen-bond acceptors (Lipinski definition) is 9. The molecule has 1 aromatic rings. The SMILES string of the molecule is CC(=O)OC[C@H]1O[C@@H](n2cc(Br)c(=O)[nH]c2=O)[C@@H](OC(C)=O)[C@@H]1OC(C)=O. The van der Waals surface area contributed by atoms with Gasteiger partial charge in [-0.15, -0.1) is 0 Å². The second-order valence-electron chi connectivity index (χ2n) is 5.66. The Balaban J connectivity index is 2.47. The van der Waals surface area contributed by atoms with E-state index in [0.717, 1.165) is 24.6 Å². The Morgan fingerprint density at radius 1 is 1.11 bits per heavy atom. The van der Waals surface area contributed by atoms with Gasteiger partial charge in [0.25, 0.3) is 5.56 Å². The number of hydrogen-bond donors (Lipinski definition) is 1. The average Bonchev–Trinajstić information content (AvgIpc) is 2.85. The molecule has 0 radical (unpaired) electrons. The largest absolute Gasteiger partial charge is 0.463 e. The van der Waals surface area contributed by atoms with Crippen molar-refractivity contribution in [1.82, 2.24) is 9.55 Å². The third-order valence-corrected chi connectivity index (χ3v) is 4.10. The van der Waals surface area contributed by atoms with Gasteiger partial charge in [-0.2, -0.15) is 0 Å². The topological polar surface area (TPSA) is 143 Å². The van der Waals surface area contributed by atoms with Gasteiger partial charge in [-0.1, -0.05) is 0 Å². The molecule has 12 heteroatoms. The second-order valence-corrected chi connectivity index (χ2v) is 6.51. The van der Waals surface area contributed by atoms with Crippen LogP contribution in [-0.4, -0.2) is 52.4 Å². The Hall–Kier alpha value is -2.47. The van der Waals surface area contributed by atoms with Crippen LogP contribution >= 0.6 is 15.9 Å². The fraction of sp³-hybridized carbons (Fsp3) is 0.533. The first kappa shape index (κ1) is 20.8. The van der Waals surface area contributed by atoms with Crippen molar-refractivity contribution in [3.05, 3.63) is 31.5 Å². The molecule has 2 rings (SSSR count). The van der Waals surface area contributed by atoms with Crippen LogP contribution in [0, 0.1) is 0 Å². The molecule has 0 aliphatic carbocycles. The summed E-state index contributed by atoms with van der Waals surface area (Å²) in [5.41, 5.74) is -1.49. The van der Waals surface area contributed by atoms with E-state index in [-0.39, 0.29) is 11.1 Å². The lowest BCUT2D eigenvalue weighted by atomic mass is 10.1. The summed E-state index contributed by atoms with van der Waals surface area (Å²) < 4.78 is 22.0.